The highest BCUT2D eigenvalue weighted by Crippen LogP contribution is 2.34. The third kappa shape index (κ3) is 2.14. The van der Waals surface area contributed by atoms with Crippen molar-refractivity contribution in [3.05, 3.63) is 17.0 Å². The molecule has 1 aliphatic heterocycles. The minimum atomic E-state index is 0.377. The summed E-state index contributed by atoms with van der Waals surface area (Å²) >= 11 is 6.10. The van der Waals surface area contributed by atoms with Crippen molar-refractivity contribution in [2.45, 2.75) is 33.6 Å². The van der Waals surface area contributed by atoms with Gasteiger partial charge in [0.25, 0.3) is 0 Å². The maximum atomic E-state index is 6.10. The van der Waals surface area contributed by atoms with Crippen molar-refractivity contribution in [1.29, 1.82) is 0 Å². The summed E-state index contributed by atoms with van der Waals surface area (Å²) in [4.78, 5) is 10.8. The minimum absolute atomic E-state index is 0.377. The van der Waals surface area contributed by atoms with Crippen LogP contribution in [0.25, 0.3) is 0 Å². The van der Waals surface area contributed by atoms with E-state index in [4.69, 9.17) is 11.6 Å². The van der Waals surface area contributed by atoms with Crippen molar-refractivity contribution in [2.24, 2.45) is 5.41 Å². The first-order valence-electron chi connectivity index (χ1n) is 5.78. The molecule has 0 aromatic carbocycles. The second-order valence-corrected chi connectivity index (χ2v) is 5.51. The molecule has 2 rings (SSSR count). The normalized spacial score (nSPS) is 19.1. The quantitative estimate of drug-likeness (QED) is 0.744. The van der Waals surface area contributed by atoms with Crippen molar-refractivity contribution < 1.29 is 0 Å². The highest BCUT2D eigenvalue weighted by Gasteiger charge is 2.31. The molecule has 88 valence electrons. The van der Waals surface area contributed by atoms with E-state index in [9.17, 15) is 0 Å². The van der Waals surface area contributed by atoms with Crippen LogP contribution in [0.1, 0.15) is 32.8 Å². The van der Waals surface area contributed by atoms with Gasteiger partial charge < -0.3 is 4.90 Å². The molecular weight excluding hydrogens is 222 g/mol. The molecule has 0 saturated carbocycles. The predicted molar refractivity (Wildman–Crippen MR) is 67.0 cm³/mol. The Bertz CT molecular complexity index is 390. The first-order valence-corrected chi connectivity index (χ1v) is 6.15. The van der Waals surface area contributed by atoms with E-state index in [1.165, 1.54) is 6.42 Å². The molecule has 0 aliphatic carbocycles. The van der Waals surface area contributed by atoms with Crippen LogP contribution < -0.4 is 4.90 Å². The van der Waals surface area contributed by atoms with Crippen LogP contribution in [0.4, 0.5) is 5.82 Å². The minimum Gasteiger partial charge on any atom is -0.356 e. The fourth-order valence-electron chi connectivity index (χ4n) is 2.25. The Balaban J connectivity index is 2.31. The number of rotatable bonds is 2. The average molecular weight is 240 g/mol. The zero-order chi connectivity index (χ0) is 11.8. The molecule has 0 amide bonds. The second kappa shape index (κ2) is 4.21. The van der Waals surface area contributed by atoms with E-state index in [1.54, 1.807) is 6.33 Å². The Morgan fingerprint density at radius 2 is 2.19 bits per heavy atom. The fraction of sp³-hybridized carbons (Fsp3) is 0.667. The summed E-state index contributed by atoms with van der Waals surface area (Å²) in [7, 11) is 0. The van der Waals surface area contributed by atoms with Crippen LogP contribution in [-0.4, -0.2) is 23.1 Å². The van der Waals surface area contributed by atoms with Crippen LogP contribution in [0, 0.1) is 5.41 Å². The molecule has 0 N–H and O–H groups in total. The molecule has 0 radical (unpaired) electrons. The monoisotopic (exact) mass is 239 g/mol. The van der Waals surface area contributed by atoms with Crippen LogP contribution in [0.15, 0.2) is 6.33 Å². The number of hydrogen-bond donors (Lipinski definition) is 0. The first-order chi connectivity index (χ1) is 7.53. The summed E-state index contributed by atoms with van der Waals surface area (Å²) < 4.78 is 0. The molecule has 0 bridgehead atoms. The average Bonchev–Trinajstić information content (AvgIpc) is 2.58. The SMILES string of the molecule is CCc1c(Cl)ncnc1N1CCC(C)(C)C1. The first kappa shape index (κ1) is 11.6. The second-order valence-electron chi connectivity index (χ2n) is 5.16. The smallest absolute Gasteiger partial charge is 0.137 e. The van der Waals surface area contributed by atoms with Crippen LogP contribution in [-0.2, 0) is 6.42 Å². The van der Waals surface area contributed by atoms with Gasteiger partial charge in [-0.2, -0.15) is 0 Å². The summed E-state index contributed by atoms with van der Waals surface area (Å²) in [6.45, 7) is 8.79. The Labute approximate surface area is 102 Å². The molecule has 16 heavy (non-hydrogen) atoms. The van der Waals surface area contributed by atoms with Crippen molar-refractivity contribution in [3.8, 4) is 0 Å². The number of aromatic nitrogens is 2. The standard InChI is InChI=1S/C12H18ClN3/c1-4-9-10(13)14-8-15-11(9)16-6-5-12(2,3)7-16/h8H,4-7H2,1-3H3. The topological polar surface area (TPSA) is 29.0 Å². The van der Waals surface area contributed by atoms with Gasteiger partial charge in [-0.1, -0.05) is 32.4 Å². The van der Waals surface area contributed by atoms with Crippen molar-refractivity contribution in [3.63, 3.8) is 0 Å². The summed E-state index contributed by atoms with van der Waals surface area (Å²) in [6, 6.07) is 0. The van der Waals surface area contributed by atoms with Gasteiger partial charge in [-0.05, 0) is 18.3 Å². The summed E-state index contributed by atoms with van der Waals surface area (Å²) in [6.07, 6.45) is 3.64. The molecule has 0 spiro atoms. The van der Waals surface area contributed by atoms with Crippen LogP contribution in [0.3, 0.4) is 0 Å². The number of hydrogen-bond acceptors (Lipinski definition) is 3. The maximum absolute atomic E-state index is 6.10. The van der Waals surface area contributed by atoms with Crippen molar-refractivity contribution in [2.75, 3.05) is 18.0 Å². The molecule has 0 unspecified atom stereocenters. The molecule has 1 aromatic heterocycles. The summed E-state index contributed by atoms with van der Waals surface area (Å²) in [5.74, 6) is 1.02. The lowest BCUT2D eigenvalue weighted by Gasteiger charge is -2.22. The lowest BCUT2D eigenvalue weighted by Crippen LogP contribution is -2.25. The van der Waals surface area contributed by atoms with E-state index in [0.717, 1.165) is 30.9 Å². The molecule has 3 nitrogen and oxygen atoms in total. The highest BCUT2D eigenvalue weighted by atomic mass is 35.5. The Kier molecular flexibility index (Phi) is 3.06. The summed E-state index contributed by atoms with van der Waals surface area (Å²) in [5.41, 5.74) is 1.45. The van der Waals surface area contributed by atoms with Crippen molar-refractivity contribution in [1.82, 2.24) is 9.97 Å². The van der Waals surface area contributed by atoms with Crippen LogP contribution in [0.5, 0.6) is 0 Å². The Hall–Kier alpha value is -0.830. The predicted octanol–water partition coefficient (Wildman–Crippen LogP) is 2.93. The zero-order valence-electron chi connectivity index (χ0n) is 10.1. The molecule has 1 aromatic rings. The molecule has 4 heteroatoms. The Morgan fingerprint density at radius 1 is 1.44 bits per heavy atom. The van der Waals surface area contributed by atoms with Gasteiger partial charge in [0.1, 0.15) is 17.3 Å². The third-order valence-electron chi connectivity index (χ3n) is 3.20. The van der Waals surface area contributed by atoms with Gasteiger partial charge in [0.05, 0.1) is 0 Å². The van der Waals surface area contributed by atoms with Crippen LogP contribution in [0.2, 0.25) is 5.15 Å². The van der Waals surface area contributed by atoms with Crippen LogP contribution >= 0.6 is 11.6 Å². The molecule has 2 heterocycles. The van der Waals surface area contributed by atoms with E-state index in [-0.39, 0.29) is 0 Å². The highest BCUT2D eigenvalue weighted by molar-refractivity contribution is 6.30. The molecule has 1 saturated heterocycles. The lowest BCUT2D eigenvalue weighted by atomic mass is 9.93. The lowest BCUT2D eigenvalue weighted by molar-refractivity contribution is 0.418. The van der Waals surface area contributed by atoms with Gasteiger partial charge in [-0.25, -0.2) is 9.97 Å². The molecule has 1 aliphatic rings. The van der Waals surface area contributed by atoms with E-state index in [1.807, 2.05) is 0 Å². The van der Waals surface area contributed by atoms with Gasteiger partial charge in [0, 0.05) is 18.7 Å². The molecular formula is C12H18ClN3. The van der Waals surface area contributed by atoms with Gasteiger partial charge in [-0.3, -0.25) is 0 Å². The summed E-state index contributed by atoms with van der Waals surface area (Å²) in [5, 5.41) is 0.595. The van der Waals surface area contributed by atoms with Crippen molar-refractivity contribution >= 4 is 17.4 Å². The van der Waals surface area contributed by atoms with Gasteiger partial charge >= 0.3 is 0 Å². The van der Waals surface area contributed by atoms with Gasteiger partial charge in [0.2, 0.25) is 0 Å². The molecule has 0 atom stereocenters. The zero-order valence-corrected chi connectivity index (χ0v) is 10.9. The maximum Gasteiger partial charge on any atom is 0.137 e. The number of anilines is 1. The molecule has 1 fully saturated rings. The number of halogens is 1. The largest absolute Gasteiger partial charge is 0.356 e. The van der Waals surface area contributed by atoms with E-state index in [2.05, 4.69) is 35.6 Å². The van der Waals surface area contributed by atoms with E-state index < -0.39 is 0 Å². The van der Waals surface area contributed by atoms with Gasteiger partial charge in [0.15, 0.2) is 0 Å². The fourth-order valence-corrected chi connectivity index (χ4v) is 2.51. The van der Waals surface area contributed by atoms with E-state index in [0.29, 0.717) is 10.6 Å². The third-order valence-corrected chi connectivity index (χ3v) is 3.53. The Morgan fingerprint density at radius 3 is 2.75 bits per heavy atom. The van der Waals surface area contributed by atoms with Gasteiger partial charge in [-0.15, -0.1) is 0 Å². The number of nitrogens with zero attached hydrogens (tertiary/aromatic N) is 3. The van der Waals surface area contributed by atoms with E-state index >= 15 is 0 Å².